The van der Waals surface area contributed by atoms with Crippen molar-refractivity contribution in [2.24, 2.45) is 0 Å². The highest BCUT2D eigenvalue weighted by atomic mass is 32.2. The third-order valence-corrected chi connectivity index (χ3v) is 3.64. The first-order valence-corrected chi connectivity index (χ1v) is 8.19. The predicted molar refractivity (Wildman–Crippen MR) is 88.3 cm³/mol. The number of thioether (sulfide) groups is 1. The molecular formula is C16H21N3O3S. The Hall–Kier alpha value is -2.07. The van der Waals surface area contributed by atoms with E-state index in [0.29, 0.717) is 10.7 Å². The van der Waals surface area contributed by atoms with Crippen molar-refractivity contribution in [3.8, 4) is 6.07 Å². The van der Waals surface area contributed by atoms with E-state index in [0.717, 1.165) is 0 Å². The molecule has 0 saturated carbocycles. The number of hydrogen-bond acceptors (Lipinski definition) is 6. The second-order valence-corrected chi connectivity index (χ2v) is 6.86. The van der Waals surface area contributed by atoms with E-state index < -0.39 is 5.97 Å². The molecule has 0 saturated heterocycles. The second-order valence-electron chi connectivity index (χ2n) is 5.89. The standard InChI is InChI=1S/C16H21N3O3S/c1-6-22-15(21)12-7-11(8-17)14(18-10(12)2)23-9-13(20)19-16(3,4)5/h7H,6,9H2,1-5H3,(H,19,20). The summed E-state index contributed by atoms with van der Waals surface area (Å²) in [5.74, 6) is -0.492. The summed E-state index contributed by atoms with van der Waals surface area (Å²) in [6.07, 6.45) is 0. The van der Waals surface area contributed by atoms with E-state index in [1.54, 1.807) is 13.8 Å². The molecule has 6 nitrogen and oxygen atoms in total. The lowest BCUT2D eigenvalue weighted by Gasteiger charge is -2.20. The Labute approximate surface area is 140 Å². The number of nitriles is 1. The van der Waals surface area contributed by atoms with Crippen LogP contribution in [0.15, 0.2) is 11.1 Å². The molecule has 0 radical (unpaired) electrons. The Morgan fingerprint density at radius 2 is 2.09 bits per heavy atom. The molecule has 0 aliphatic rings. The van der Waals surface area contributed by atoms with E-state index in [4.69, 9.17) is 4.74 Å². The average molecular weight is 335 g/mol. The van der Waals surface area contributed by atoms with Crippen LogP contribution >= 0.6 is 11.8 Å². The van der Waals surface area contributed by atoms with Crippen molar-refractivity contribution in [3.63, 3.8) is 0 Å². The lowest BCUT2D eigenvalue weighted by atomic mass is 10.1. The van der Waals surface area contributed by atoms with Crippen molar-refractivity contribution in [1.29, 1.82) is 5.26 Å². The first-order valence-electron chi connectivity index (χ1n) is 7.20. The monoisotopic (exact) mass is 335 g/mol. The van der Waals surface area contributed by atoms with E-state index in [9.17, 15) is 14.9 Å². The molecule has 1 heterocycles. The number of aryl methyl sites for hydroxylation is 1. The van der Waals surface area contributed by atoms with Crippen molar-refractivity contribution in [2.75, 3.05) is 12.4 Å². The number of carbonyl (C=O) groups is 2. The van der Waals surface area contributed by atoms with Crippen LogP contribution in [0.5, 0.6) is 0 Å². The van der Waals surface area contributed by atoms with Crippen molar-refractivity contribution in [2.45, 2.75) is 45.2 Å². The summed E-state index contributed by atoms with van der Waals surface area (Å²) in [5, 5.41) is 12.5. The second kappa shape index (κ2) is 7.97. The molecule has 0 atom stereocenters. The van der Waals surface area contributed by atoms with Crippen LogP contribution in [0, 0.1) is 18.3 Å². The maximum Gasteiger partial charge on any atom is 0.340 e. The molecule has 0 spiro atoms. The largest absolute Gasteiger partial charge is 0.462 e. The third kappa shape index (κ3) is 5.91. The number of esters is 1. The van der Waals surface area contributed by atoms with Crippen LogP contribution in [-0.4, -0.2) is 34.8 Å². The van der Waals surface area contributed by atoms with Crippen molar-refractivity contribution >= 4 is 23.6 Å². The zero-order chi connectivity index (χ0) is 17.6. The first kappa shape index (κ1) is 19.0. The summed E-state index contributed by atoms with van der Waals surface area (Å²) in [7, 11) is 0. The fourth-order valence-corrected chi connectivity index (χ4v) is 2.58. The molecule has 0 aliphatic carbocycles. The Kier molecular flexibility index (Phi) is 6.58. The molecule has 0 aliphatic heterocycles. The van der Waals surface area contributed by atoms with E-state index in [2.05, 4.69) is 10.3 Å². The minimum absolute atomic E-state index is 0.139. The van der Waals surface area contributed by atoms with Gasteiger partial charge in [-0.05, 0) is 40.7 Å². The quantitative estimate of drug-likeness (QED) is 0.656. The number of aromatic nitrogens is 1. The highest BCUT2D eigenvalue weighted by Crippen LogP contribution is 2.23. The van der Waals surface area contributed by atoms with Gasteiger partial charge in [-0.2, -0.15) is 5.26 Å². The number of pyridine rings is 1. The Bertz CT molecular complexity index is 645. The lowest BCUT2D eigenvalue weighted by molar-refractivity contribution is -0.119. The molecule has 1 rings (SSSR count). The van der Waals surface area contributed by atoms with Crippen LogP contribution in [0.25, 0.3) is 0 Å². The van der Waals surface area contributed by atoms with Crippen LogP contribution in [0.4, 0.5) is 0 Å². The minimum Gasteiger partial charge on any atom is -0.462 e. The molecule has 124 valence electrons. The number of nitrogens with one attached hydrogen (secondary N) is 1. The summed E-state index contributed by atoms with van der Waals surface area (Å²) in [5.41, 5.74) is 0.688. The number of nitrogens with zero attached hydrogens (tertiary/aromatic N) is 2. The van der Waals surface area contributed by atoms with Crippen LogP contribution in [-0.2, 0) is 9.53 Å². The normalized spacial score (nSPS) is 10.8. The van der Waals surface area contributed by atoms with Gasteiger partial charge in [0.2, 0.25) is 5.91 Å². The topological polar surface area (TPSA) is 92.1 Å². The van der Waals surface area contributed by atoms with Crippen LogP contribution < -0.4 is 5.32 Å². The smallest absolute Gasteiger partial charge is 0.340 e. The minimum atomic E-state index is -0.504. The summed E-state index contributed by atoms with van der Waals surface area (Å²) >= 11 is 1.17. The lowest BCUT2D eigenvalue weighted by Crippen LogP contribution is -2.41. The molecule has 23 heavy (non-hydrogen) atoms. The summed E-state index contributed by atoms with van der Waals surface area (Å²) in [4.78, 5) is 28.0. The molecule has 0 bridgehead atoms. The zero-order valence-electron chi connectivity index (χ0n) is 14.0. The summed E-state index contributed by atoms with van der Waals surface area (Å²) in [6, 6.07) is 3.47. The van der Waals surface area contributed by atoms with Gasteiger partial charge in [0, 0.05) is 5.54 Å². The highest BCUT2D eigenvalue weighted by Gasteiger charge is 2.18. The van der Waals surface area contributed by atoms with Gasteiger partial charge in [0.15, 0.2) is 0 Å². The molecule has 1 N–H and O–H groups in total. The van der Waals surface area contributed by atoms with Gasteiger partial charge in [-0.25, -0.2) is 9.78 Å². The molecule has 1 amide bonds. The molecule has 7 heteroatoms. The Morgan fingerprint density at radius 1 is 1.43 bits per heavy atom. The van der Waals surface area contributed by atoms with Crippen LogP contribution in [0.3, 0.4) is 0 Å². The molecule has 0 fully saturated rings. The van der Waals surface area contributed by atoms with Gasteiger partial charge in [-0.1, -0.05) is 11.8 Å². The third-order valence-electron chi connectivity index (χ3n) is 2.65. The molecule has 0 aromatic carbocycles. The predicted octanol–water partition coefficient (Wildman–Crippen LogP) is 2.45. The Balaban J connectivity index is 2.92. The SMILES string of the molecule is CCOC(=O)c1cc(C#N)c(SCC(=O)NC(C)(C)C)nc1C. The Morgan fingerprint density at radius 3 is 2.61 bits per heavy atom. The van der Waals surface area contributed by atoms with E-state index >= 15 is 0 Å². The molecule has 1 aromatic rings. The van der Waals surface area contributed by atoms with Gasteiger partial charge in [0.25, 0.3) is 0 Å². The number of amides is 1. The summed E-state index contributed by atoms with van der Waals surface area (Å²) < 4.78 is 4.94. The van der Waals surface area contributed by atoms with Crippen LogP contribution in [0.1, 0.15) is 49.3 Å². The van der Waals surface area contributed by atoms with E-state index in [1.807, 2.05) is 26.8 Å². The van der Waals surface area contributed by atoms with Gasteiger partial charge in [0.1, 0.15) is 11.1 Å². The maximum atomic E-state index is 11.9. The summed E-state index contributed by atoms with van der Waals surface area (Å²) in [6.45, 7) is 9.33. The van der Waals surface area contributed by atoms with Gasteiger partial charge in [-0.3, -0.25) is 4.79 Å². The number of ether oxygens (including phenoxy) is 1. The fourth-order valence-electron chi connectivity index (χ4n) is 1.78. The van der Waals surface area contributed by atoms with Crippen molar-refractivity contribution in [3.05, 3.63) is 22.9 Å². The number of carbonyl (C=O) groups excluding carboxylic acids is 2. The van der Waals surface area contributed by atoms with Gasteiger partial charge in [-0.15, -0.1) is 0 Å². The van der Waals surface area contributed by atoms with E-state index in [-0.39, 0.29) is 34.9 Å². The fraction of sp³-hybridized carbons (Fsp3) is 0.500. The average Bonchev–Trinajstić information content (AvgIpc) is 2.43. The highest BCUT2D eigenvalue weighted by molar-refractivity contribution is 8.00. The molecule has 0 unspecified atom stereocenters. The van der Waals surface area contributed by atoms with Crippen molar-refractivity contribution in [1.82, 2.24) is 10.3 Å². The molecular weight excluding hydrogens is 314 g/mol. The number of rotatable bonds is 5. The van der Waals surface area contributed by atoms with Gasteiger partial charge >= 0.3 is 5.97 Å². The first-order chi connectivity index (χ1) is 10.7. The van der Waals surface area contributed by atoms with Gasteiger partial charge in [0.05, 0.1) is 29.2 Å². The van der Waals surface area contributed by atoms with Gasteiger partial charge < -0.3 is 10.1 Å². The van der Waals surface area contributed by atoms with E-state index in [1.165, 1.54) is 17.8 Å². The van der Waals surface area contributed by atoms with Crippen LogP contribution in [0.2, 0.25) is 0 Å². The number of hydrogen-bond donors (Lipinski definition) is 1. The maximum absolute atomic E-state index is 11.9. The molecule has 1 aromatic heterocycles. The zero-order valence-corrected chi connectivity index (χ0v) is 14.8. The van der Waals surface area contributed by atoms with Crippen molar-refractivity contribution < 1.29 is 14.3 Å².